The van der Waals surface area contributed by atoms with Crippen molar-refractivity contribution < 1.29 is 4.74 Å². The van der Waals surface area contributed by atoms with E-state index in [9.17, 15) is 0 Å². The van der Waals surface area contributed by atoms with Crippen molar-refractivity contribution in [2.45, 2.75) is 63.7 Å². The summed E-state index contributed by atoms with van der Waals surface area (Å²) in [6.07, 6.45) is 7.87. The van der Waals surface area contributed by atoms with E-state index in [0.717, 1.165) is 78.6 Å². The van der Waals surface area contributed by atoms with Gasteiger partial charge in [-0.25, -0.2) is 4.98 Å². The van der Waals surface area contributed by atoms with Gasteiger partial charge in [0, 0.05) is 48.2 Å². The smallest absolute Gasteiger partial charge is 0.318 e. The zero-order chi connectivity index (χ0) is 27.5. The van der Waals surface area contributed by atoms with E-state index in [1.54, 1.807) is 0 Å². The lowest BCUT2D eigenvalue weighted by molar-refractivity contribution is 0.187. The van der Waals surface area contributed by atoms with Crippen LogP contribution in [0, 0.1) is 0 Å². The predicted octanol–water partition coefficient (Wildman–Crippen LogP) is 5.41. The number of imidazole rings is 1. The fourth-order valence-electron chi connectivity index (χ4n) is 6.98. The van der Waals surface area contributed by atoms with Gasteiger partial charge in [-0.1, -0.05) is 35.9 Å². The Morgan fingerprint density at radius 2 is 1.83 bits per heavy atom. The van der Waals surface area contributed by atoms with Gasteiger partial charge in [0.15, 0.2) is 0 Å². The van der Waals surface area contributed by atoms with Crippen molar-refractivity contribution in [1.29, 1.82) is 0 Å². The van der Waals surface area contributed by atoms with Crippen molar-refractivity contribution in [3.63, 3.8) is 0 Å². The van der Waals surface area contributed by atoms with Crippen LogP contribution in [0.3, 0.4) is 0 Å². The summed E-state index contributed by atoms with van der Waals surface area (Å²) >= 11 is 6.73. The van der Waals surface area contributed by atoms with Crippen LogP contribution in [0.25, 0.3) is 10.8 Å². The van der Waals surface area contributed by atoms with Crippen molar-refractivity contribution in [2.75, 3.05) is 43.1 Å². The van der Waals surface area contributed by atoms with Gasteiger partial charge in [0.2, 0.25) is 0 Å². The van der Waals surface area contributed by atoms with Crippen molar-refractivity contribution in [3.05, 3.63) is 70.4 Å². The molecule has 1 saturated heterocycles. The van der Waals surface area contributed by atoms with Crippen molar-refractivity contribution in [1.82, 2.24) is 24.4 Å². The Morgan fingerprint density at radius 1 is 0.951 bits per heavy atom. The highest BCUT2D eigenvalue weighted by Gasteiger charge is 2.33. The number of aromatic nitrogens is 4. The molecule has 3 aliphatic heterocycles. The second-order valence-corrected chi connectivity index (χ2v) is 12.5. The summed E-state index contributed by atoms with van der Waals surface area (Å²) < 4.78 is 8.80. The number of likely N-dealkylation sites (N-methyl/N-ethyl adjacent to an activating group) is 1. The maximum absolute atomic E-state index is 6.73. The fourth-order valence-corrected chi connectivity index (χ4v) is 7.25. The summed E-state index contributed by atoms with van der Waals surface area (Å²) in [5.74, 6) is 2.96. The molecule has 9 heteroatoms. The van der Waals surface area contributed by atoms with E-state index in [1.165, 1.54) is 36.3 Å². The normalized spacial score (nSPS) is 20.9. The van der Waals surface area contributed by atoms with Crippen molar-refractivity contribution >= 4 is 33.9 Å². The summed E-state index contributed by atoms with van der Waals surface area (Å²) in [5, 5.41) is 3.04. The molecule has 212 valence electrons. The number of rotatable bonds is 6. The van der Waals surface area contributed by atoms with Crippen LogP contribution in [0.15, 0.2) is 42.6 Å². The lowest BCUT2D eigenvalue weighted by Gasteiger charge is -2.36. The number of fused-ring (bicyclic) bond motifs is 3. The Balaban J connectivity index is 1.13. The minimum absolute atomic E-state index is 0.414. The molecule has 41 heavy (non-hydrogen) atoms. The number of halogens is 1. The highest BCUT2D eigenvalue weighted by Crippen LogP contribution is 2.41. The third-order valence-electron chi connectivity index (χ3n) is 9.43. The van der Waals surface area contributed by atoms with E-state index in [2.05, 4.69) is 56.8 Å². The number of likely N-dealkylation sites (tertiary alicyclic amines) is 1. The number of hydrogen-bond acceptors (Lipinski definition) is 7. The first kappa shape index (κ1) is 25.4. The van der Waals surface area contributed by atoms with Gasteiger partial charge in [0.1, 0.15) is 18.2 Å². The third-order valence-corrected chi connectivity index (χ3v) is 9.74. The molecule has 1 saturated carbocycles. The van der Waals surface area contributed by atoms with Gasteiger partial charge in [-0.05, 0) is 63.2 Å². The summed E-state index contributed by atoms with van der Waals surface area (Å²) in [6, 6.07) is 13.5. The zero-order valence-electron chi connectivity index (χ0n) is 23.6. The molecule has 8 nitrogen and oxygen atoms in total. The van der Waals surface area contributed by atoms with Gasteiger partial charge >= 0.3 is 6.01 Å². The fraction of sp³-hybridized carbons (Fsp3) is 0.469. The average Bonchev–Trinajstić information content (AvgIpc) is 3.62. The molecular weight excluding hydrogens is 534 g/mol. The summed E-state index contributed by atoms with van der Waals surface area (Å²) in [5.41, 5.74) is 4.73. The lowest BCUT2D eigenvalue weighted by atomic mass is 10.0. The Kier molecular flexibility index (Phi) is 6.29. The number of hydrogen-bond donors (Lipinski definition) is 0. The van der Waals surface area contributed by atoms with Gasteiger partial charge in [-0.15, -0.1) is 0 Å². The molecule has 4 aromatic rings. The molecule has 0 N–H and O–H groups in total. The molecule has 0 radical (unpaired) electrons. The monoisotopic (exact) mass is 569 g/mol. The van der Waals surface area contributed by atoms with Crippen LogP contribution in [-0.2, 0) is 26.1 Å². The number of ether oxygens (including phenoxy) is 1. The molecule has 0 spiro atoms. The van der Waals surface area contributed by atoms with Crippen LogP contribution >= 0.6 is 11.6 Å². The van der Waals surface area contributed by atoms with E-state index < -0.39 is 0 Å². The molecule has 5 heterocycles. The SMILES string of the molecule is CN1CCC[C@H]1COc1nc2c(c(N3CCn4c(cnc4C4CC4)C3)n1)CCN(c1cccc3cccc(Cl)c13)C2. The van der Waals surface area contributed by atoms with Gasteiger partial charge in [-0.3, -0.25) is 0 Å². The molecule has 8 rings (SSSR count). The molecule has 4 aliphatic rings. The van der Waals surface area contributed by atoms with Crippen LogP contribution in [0.1, 0.15) is 54.4 Å². The number of anilines is 2. The Bertz CT molecular complexity index is 1610. The molecule has 2 aromatic carbocycles. The molecule has 2 aromatic heterocycles. The summed E-state index contributed by atoms with van der Waals surface area (Å²) in [6.45, 7) is 6.01. The number of benzene rings is 2. The van der Waals surface area contributed by atoms with E-state index in [4.69, 9.17) is 31.3 Å². The molecule has 1 aliphatic carbocycles. The zero-order valence-corrected chi connectivity index (χ0v) is 24.4. The highest BCUT2D eigenvalue weighted by atomic mass is 35.5. The second-order valence-electron chi connectivity index (χ2n) is 12.1. The maximum atomic E-state index is 6.73. The quantitative estimate of drug-likeness (QED) is 0.307. The van der Waals surface area contributed by atoms with Crippen molar-refractivity contribution in [3.8, 4) is 6.01 Å². The average molecular weight is 570 g/mol. The first-order valence-electron chi connectivity index (χ1n) is 15.1. The van der Waals surface area contributed by atoms with E-state index in [0.29, 0.717) is 31.1 Å². The summed E-state index contributed by atoms with van der Waals surface area (Å²) in [4.78, 5) is 22.2. The van der Waals surface area contributed by atoms with Gasteiger partial charge < -0.3 is 24.0 Å². The van der Waals surface area contributed by atoms with Crippen LogP contribution < -0.4 is 14.5 Å². The molecular formula is C32H36ClN7O. The van der Waals surface area contributed by atoms with Gasteiger partial charge in [0.05, 0.1) is 35.7 Å². The largest absolute Gasteiger partial charge is 0.462 e. The van der Waals surface area contributed by atoms with E-state index in [1.807, 2.05) is 12.1 Å². The van der Waals surface area contributed by atoms with Crippen LogP contribution in [0.4, 0.5) is 11.5 Å². The lowest BCUT2D eigenvalue weighted by Crippen LogP contribution is -2.38. The second kappa shape index (κ2) is 10.2. The first-order chi connectivity index (χ1) is 20.1. The molecule has 0 amide bonds. The number of nitrogens with zero attached hydrogens (tertiary/aromatic N) is 7. The van der Waals surface area contributed by atoms with Crippen LogP contribution in [0.5, 0.6) is 6.01 Å². The topological polar surface area (TPSA) is 62.6 Å². The maximum Gasteiger partial charge on any atom is 0.318 e. The van der Waals surface area contributed by atoms with Crippen molar-refractivity contribution in [2.24, 2.45) is 0 Å². The molecule has 0 unspecified atom stereocenters. The Hall–Kier alpha value is -3.36. The summed E-state index contributed by atoms with van der Waals surface area (Å²) in [7, 11) is 2.18. The van der Waals surface area contributed by atoms with Crippen LogP contribution in [0.2, 0.25) is 5.02 Å². The minimum Gasteiger partial charge on any atom is -0.462 e. The van der Waals surface area contributed by atoms with Crippen LogP contribution in [-0.4, -0.2) is 63.7 Å². The highest BCUT2D eigenvalue weighted by molar-refractivity contribution is 6.36. The molecule has 2 fully saturated rings. The third kappa shape index (κ3) is 4.61. The first-order valence-corrected chi connectivity index (χ1v) is 15.4. The van der Waals surface area contributed by atoms with Gasteiger partial charge in [-0.2, -0.15) is 9.97 Å². The van der Waals surface area contributed by atoms with E-state index in [-0.39, 0.29) is 0 Å². The Labute approximate surface area is 245 Å². The standard InChI is InChI=1S/C32H36ClN7O/c1-37-13-4-7-23(37)20-41-32-35-27-19-38(28-9-3-6-21-5-2-8-26(33)29(21)28)14-12-25(27)31(36-32)39-15-16-40-24(18-39)17-34-30(40)22-10-11-22/h2-3,5-6,8-9,17,22-23H,4,7,10-16,18-20H2,1H3/t23-/m0/s1. The molecule has 1 atom stereocenters. The predicted molar refractivity (Wildman–Crippen MR) is 162 cm³/mol. The minimum atomic E-state index is 0.414. The Morgan fingerprint density at radius 3 is 2.66 bits per heavy atom. The van der Waals surface area contributed by atoms with Gasteiger partial charge in [0.25, 0.3) is 0 Å². The molecule has 0 bridgehead atoms. The van der Waals surface area contributed by atoms with E-state index >= 15 is 0 Å².